The Bertz CT molecular complexity index is 591. The van der Waals surface area contributed by atoms with Gasteiger partial charge in [-0.25, -0.2) is 0 Å². The molecule has 2 nitrogen and oxygen atoms in total. The number of benzene rings is 1. The van der Waals surface area contributed by atoms with Crippen molar-refractivity contribution in [3.8, 4) is 0 Å². The average molecular weight is 224 g/mol. The zero-order valence-electron chi connectivity index (χ0n) is 10.2. The first-order chi connectivity index (χ1) is 8.19. The van der Waals surface area contributed by atoms with Crippen molar-refractivity contribution >= 4 is 11.4 Å². The number of nitrogens with one attached hydrogen (secondary N) is 1. The molecule has 0 unspecified atom stereocenters. The van der Waals surface area contributed by atoms with Crippen molar-refractivity contribution in [3.63, 3.8) is 0 Å². The second-order valence-corrected chi connectivity index (χ2v) is 4.45. The van der Waals surface area contributed by atoms with Crippen LogP contribution in [0.2, 0.25) is 0 Å². The normalized spacial score (nSPS) is 14.1. The first kappa shape index (κ1) is 11.6. The van der Waals surface area contributed by atoms with E-state index in [1.54, 1.807) is 0 Å². The molecule has 1 N–H and O–H groups in total. The first-order valence-corrected chi connectivity index (χ1v) is 5.62. The summed E-state index contributed by atoms with van der Waals surface area (Å²) in [5.74, 6) is 2.38. The lowest BCUT2D eigenvalue weighted by molar-refractivity contribution is 0.449. The summed E-state index contributed by atoms with van der Waals surface area (Å²) in [4.78, 5) is 2.16. The van der Waals surface area contributed by atoms with Gasteiger partial charge in [0.15, 0.2) is 0 Å². The monoisotopic (exact) mass is 224 g/mol. The van der Waals surface area contributed by atoms with E-state index in [0.717, 1.165) is 11.8 Å². The minimum atomic E-state index is 0.814. The minimum absolute atomic E-state index is 0.814. The molecule has 0 saturated carbocycles. The summed E-state index contributed by atoms with van der Waals surface area (Å²) in [6, 6.07) is 7.90. The van der Waals surface area contributed by atoms with Crippen molar-refractivity contribution in [1.82, 2.24) is 4.90 Å². The summed E-state index contributed by atoms with van der Waals surface area (Å²) in [5, 5.41) is 9.05. The third-order valence-electron chi connectivity index (χ3n) is 2.68. The van der Waals surface area contributed by atoms with Crippen molar-refractivity contribution < 1.29 is 0 Å². The van der Waals surface area contributed by atoms with Crippen LogP contribution in [0.4, 0.5) is 0 Å². The van der Waals surface area contributed by atoms with Crippen LogP contribution in [0, 0.1) is 5.41 Å². The maximum Gasteiger partial charge on any atom is 0.0354 e. The SMILES string of the molecule is CN(C)CC1=CC(=c2ccc(=C=N)cc2)C=C1. The molecule has 0 atom stereocenters. The molecule has 0 aliphatic heterocycles. The van der Waals surface area contributed by atoms with Gasteiger partial charge in [0.2, 0.25) is 0 Å². The molecule has 2 rings (SSSR count). The Morgan fingerprint density at radius 3 is 2.41 bits per heavy atom. The fraction of sp³-hybridized carbons (Fsp3) is 0.200. The molecular weight excluding hydrogens is 208 g/mol. The molecule has 2 heteroatoms. The van der Waals surface area contributed by atoms with Gasteiger partial charge in [-0.2, -0.15) is 0 Å². The molecule has 0 heterocycles. The van der Waals surface area contributed by atoms with E-state index in [1.165, 1.54) is 16.4 Å². The highest BCUT2D eigenvalue weighted by molar-refractivity contribution is 5.73. The highest BCUT2D eigenvalue weighted by atomic mass is 15.0. The first-order valence-electron chi connectivity index (χ1n) is 5.62. The van der Waals surface area contributed by atoms with Crippen molar-refractivity contribution in [2.75, 3.05) is 20.6 Å². The largest absolute Gasteiger partial charge is 0.305 e. The van der Waals surface area contributed by atoms with Gasteiger partial charge in [0.1, 0.15) is 0 Å². The molecule has 86 valence electrons. The number of allylic oxidation sites excluding steroid dienone is 2. The summed E-state index contributed by atoms with van der Waals surface area (Å²) >= 11 is 0. The Balaban J connectivity index is 2.38. The zero-order chi connectivity index (χ0) is 12.3. The maximum absolute atomic E-state index is 7.04. The number of likely N-dealkylation sites (N-methyl/N-ethyl adjacent to an activating group) is 1. The van der Waals surface area contributed by atoms with Crippen molar-refractivity contribution in [2.24, 2.45) is 0 Å². The van der Waals surface area contributed by atoms with Crippen LogP contribution >= 0.6 is 0 Å². The smallest absolute Gasteiger partial charge is 0.0354 e. The molecule has 0 bridgehead atoms. The van der Waals surface area contributed by atoms with E-state index in [9.17, 15) is 0 Å². The van der Waals surface area contributed by atoms with Crippen molar-refractivity contribution in [1.29, 1.82) is 5.41 Å². The van der Waals surface area contributed by atoms with E-state index >= 15 is 0 Å². The highest BCUT2D eigenvalue weighted by Gasteiger charge is 2.03. The van der Waals surface area contributed by atoms with Gasteiger partial charge in [0.25, 0.3) is 0 Å². The topological polar surface area (TPSA) is 27.1 Å². The maximum atomic E-state index is 7.04. The molecule has 0 radical (unpaired) electrons. The molecule has 1 aromatic carbocycles. The van der Waals surface area contributed by atoms with Crippen LogP contribution in [0.25, 0.3) is 5.57 Å². The lowest BCUT2D eigenvalue weighted by Crippen LogP contribution is -2.13. The van der Waals surface area contributed by atoms with Crippen LogP contribution < -0.4 is 10.4 Å². The van der Waals surface area contributed by atoms with E-state index in [4.69, 9.17) is 5.41 Å². The zero-order valence-corrected chi connectivity index (χ0v) is 10.2. The second-order valence-electron chi connectivity index (χ2n) is 4.45. The fourth-order valence-electron chi connectivity index (χ4n) is 1.88. The molecule has 0 spiro atoms. The predicted molar refractivity (Wildman–Crippen MR) is 71.7 cm³/mol. The quantitative estimate of drug-likeness (QED) is 0.740. The van der Waals surface area contributed by atoms with Gasteiger partial charge in [-0.15, -0.1) is 0 Å². The molecule has 0 fully saturated rings. The number of hydrogen-bond acceptors (Lipinski definition) is 2. The number of rotatable bonds is 2. The Labute approximate surface area is 101 Å². The Morgan fingerprint density at radius 1 is 1.12 bits per heavy atom. The minimum Gasteiger partial charge on any atom is -0.305 e. The van der Waals surface area contributed by atoms with Crippen LogP contribution in [-0.2, 0) is 0 Å². The van der Waals surface area contributed by atoms with Gasteiger partial charge in [-0.05, 0) is 54.5 Å². The van der Waals surface area contributed by atoms with Crippen molar-refractivity contribution in [2.45, 2.75) is 0 Å². The highest BCUT2D eigenvalue weighted by Crippen LogP contribution is 2.14. The second kappa shape index (κ2) is 4.96. The standard InChI is InChI=1S/C15H16N2/c1-17(2)11-13-5-8-15(9-13)14-6-3-12(10-16)4-7-14/h3-9,16H,11H2,1-2H3. The average Bonchev–Trinajstić information content (AvgIpc) is 2.77. The fourth-order valence-corrected chi connectivity index (χ4v) is 1.88. The van der Waals surface area contributed by atoms with Gasteiger partial charge in [-0.1, -0.05) is 24.3 Å². The van der Waals surface area contributed by atoms with Gasteiger partial charge in [0.05, 0.1) is 0 Å². The van der Waals surface area contributed by atoms with Gasteiger partial charge >= 0.3 is 0 Å². The van der Waals surface area contributed by atoms with Crippen LogP contribution in [0.1, 0.15) is 0 Å². The van der Waals surface area contributed by atoms with Gasteiger partial charge in [0, 0.05) is 11.8 Å². The lowest BCUT2D eigenvalue weighted by Gasteiger charge is -2.07. The summed E-state index contributed by atoms with van der Waals surface area (Å²) in [6.45, 7) is 0.965. The van der Waals surface area contributed by atoms with Crippen molar-refractivity contribution in [3.05, 3.63) is 58.5 Å². The number of nitrogens with zero attached hydrogens (tertiary/aromatic N) is 1. The summed E-state index contributed by atoms with van der Waals surface area (Å²) in [7, 11) is 4.14. The van der Waals surface area contributed by atoms with E-state index in [0.29, 0.717) is 0 Å². The third kappa shape index (κ3) is 2.82. The van der Waals surface area contributed by atoms with E-state index in [-0.39, 0.29) is 0 Å². The van der Waals surface area contributed by atoms with E-state index in [1.807, 2.05) is 24.3 Å². The Kier molecular flexibility index (Phi) is 3.38. The predicted octanol–water partition coefficient (Wildman–Crippen LogP) is 0.815. The van der Waals surface area contributed by atoms with Crippen LogP contribution in [0.3, 0.4) is 0 Å². The molecule has 1 aromatic rings. The third-order valence-corrected chi connectivity index (χ3v) is 2.68. The summed E-state index contributed by atoms with van der Waals surface area (Å²) in [6.07, 6.45) is 6.51. The van der Waals surface area contributed by atoms with Crippen LogP contribution in [-0.4, -0.2) is 31.4 Å². The molecule has 0 saturated heterocycles. The van der Waals surface area contributed by atoms with Gasteiger partial charge in [-0.3, -0.25) is 5.41 Å². The van der Waals surface area contributed by atoms with Crippen LogP contribution in [0.15, 0.2) is 48.1 Å². The van der Waals surface area contributed by atoms with E-state index in [2.05, 4.69) is 43.1 Å². The number of hydrogen-bond donors (Lipinski definition) is 1. The summed E-state index contributed by atoms with van der Waals surface area (Å²) < 4.78 is 0. The molecule has 0 aromatic heterocycles. The molecule has 1 aliphatic rings. The Hall–Kier alpha value is -1.89. The Morgan fingerprint density at radius 2 is 1.82 bits per heavy atom. The lowest BCUT2D eigenvalue weighted by atomic mass is 10.1. The molecular formula is C15H16N2. The molecule has 17 heavy (non-hydrogen) atoms. The summed E-state index contributed by atoms with van der Waals surface area (Å²) in [5.41, 5.74) is 2.56. The van der Waals surface area contributed by atoms with Crippen LogP contribution in [0.5, 0.6) is 0 Å². The molecule has 1 aliphatic carbocycles. The molecule has 0 amide bonds. The van der Waals surface area contributed by atoms with Gasteiger partial charge < -0.3 is 4.90 Å². The van der Waals surface area contributed by atoms with E-state index < -0.39 is 0 Å².